The van der Waals surface area contributed by atoms with Crippen LogP contribution in [0.2, 0.25) is 0 Å². The normalized spacial score (nSPS) is 25.7. The number of hydrogen-bond acceptors (Lipinski definition) is 6. The van der Waals surface area contributed by atoms with Crippen LogP contribution in [0.5, 0.6) is 0 Å². The van der Waals surface area contributed by atoms with E-state index in [9.17, 15) is 36.6 Å². The number of halogens is 3. The summed E-state index contributed by atoms with van der Waals surface area (Å²) in [4.78, 5) is 14.8. The molecule has 2 aromatic carbocycles. The van der Waals surface area contributed by atoms with Crippen LogP contribution in [0.25, 0.3) is 10.4 Å². The number of carbonyl (C=O) groups excluding carboxylic acids is 1. The van der Waals surface area contributed by atoms with Gasteiger partial charge in [-0.25, -0.2) is 21.6 Å². The largest absolute Gasteiger partial charge is 0.393 e. The van der Waals surface area contributed by atoms with Crippen molar-refractivity contribution in [3.63, 3.8) is 0 Å². The predicted octanol–water partition coefficient (Wildman–Crippen LogP) is 3.59. The number of azide groups is 1. The van der Waals surface area contributed by atoms with Crippen molar-refractivity contribution in [3.05, 3.63) is 63.8 Å². The maximum Gasteiger partial charge on any atom is 0.255 e. The van der Waals surface area contributed by atoms with Gasteiger partial charge < -0.3 is 15.5 Å². The summed E-state index contributed by atoms with van der Waals surface area (Å²) in [6, 6.07) is 4.37. The van der Waals surface area contributed by atoms with Crippen molar-refractivity contribution in [1.29, 1.82) is 0 Å². The fourth-order valence-corrected chi connectivity index (χ4v) is 7.64. The lowest BCUT2D eigenvalue weighted by Crippen LogP contribution is -2.41. The highest BCUT2D eigenvalue weighted by atomic mass is 32.2. The summed E-state index contributed by atoms with van der Waals surface area (Å²) in [7, 11) is -4.24. The number of aliphatic hydroxyl groups excluding tert-OH is 1. The van der Waals surface area contributed by atoms with Gasteiger partial charge in [-0.15, -0.1) is 0 Å². The number of aliphatic hydroxyl groups is 2. The van der Waals surface area contributed by atoms with Crippen LogP contribution in [0.1, 0.15) is 29.6 Å². The van der Waals surface area contributed by atoms with Crippen LogP contribution >= 0.6 is 0 Å². The molecule has 9 nitrogen and oxygen atoms in total. The molecule has 0 radical (unpaired) electrons. The molecule has 2 bridgehead atoms. The average molecular weight is 496 g/mol. The number of nitrogens with zero attached hydrogens (tertiary/aromatic N) is 3. The Hall–Kier alpha value is -3.12. The number of hydrogen-bond donors (Lipinski definition) is 3. The Bertz CT molecular complexity index is 1310. The summed E-state index contributed by atoms with van der Waals surface area (Å²) in [6.45, 7) is -0.601. The first-order valence-corrected chi connectivity index (χ1v) is 11.8. The Morgan fingerprint density at radius 3 is 2.47 bits per heavy atom. The molecule has 34 heavy (non-hydrogen) atoms. The summed E-state index contributed by atoms with van der Waals surface area (Å²) in [5.41, 5.74) is 6.42. The zero-order chi connectivity index (χ0) is 24.8. The second-order valence-corrected chi connectivity index (χ2v) is 10.6. The zero-order valence-electron chi connectivity index (χ0n) is 17.5. The molecule has 2 aliphatic rings. The Morgan fingerprint density at radius 2 is 1.88 bits per heavy atom. The third-order valence-corrected chi connectivity index (χ3v) is 8.94. The number of sulfone groups is 1. The quantitative estimate of drug-likeness (QED) is 0.241. The van der Waals surface area contributed by atoms with Crippen molar-refractivity contribution in [2.45, 2.75) is 35.0 Å². The number of rotatable bonds is 6. The van der Waals surface area contributed by atoms with Crippen LogP contribution in [0.3, 0.4) is 0 Å². The Labute approximate surface area is 191 Å². The summed E-state index contributed by atoms with van der Waals surface area (Å²) < 4.78 is 67.3. The third-order valence-electron chi connectivity index (χ3n) is 6.57. The fourth-order valence-electron chi connectivity index (χ4n) is 5.09. The molecule has 0 spiro atoms. The van der Waals surface area contributed by atoms with Gasteiger partial charge in [-0.05, 0) is 42.8 Å². The van der Waals surface area contributed by atoms with Crippen LogP contribution in [-0.4, -0.2) is 42.0 Å². The molecule has 0 saturated heterocycles. The fraction of sp³-hybridized carbons (Fsp3) is 0.381. The molecule has 0 heterocycles. The molecule has 180 valence electrons. The minimum Gasteiger partial charge on any atom is -0.393 e. The summed E-state index contributed by atoms with van der Waals surface area (Å²) in [6.07, 6.45) is 0.997. The number of benzene rings is 2. The van der Waals surface area contributed by atoms with Crippen LogP contribution < -0.4 is 5.32 Å². The van der Waals surface area contributed by atoms with Gasteiger partial charge in [-0.1, -0.05) is 11.2 Å². The molecule has 2 aliphatic carbocycles. The van der Waals surface area contributed by atoms with Gasteiger partial charge >= 0.3 is 0 Å². The first-order valence-electron chi connectivity index (χ1n) is 10.2. The van der Waals surface area contributed by atoms with E-state index >= 15 is 0 Å². The highest BCUT2D eigenvalue weighted by Gasteiger charge is 2.61. The average Bonchev–Trinajstić information content (AvgIpc) is 3.34. The first kappa shape index (κ1) is 24.0. The summed E-state index contributed by atoms with van der Waals surface area (Å²) >= 11 is 0. The molecule has 2 saturated carbocycles. The van der Waals surface area contributed by atoms with Gasteiger partial charge in [0, 0.05) is 34.2 Å². The Balaban J connectivity index is 1.72. The third kappa shape index (κ3) is 3.90. The predicted molar refractivity (Wildman–Crippen MR) is 113 cm³/mol. The van der Waals surface area contributed by atoms with Crippen LogP contribution in [0.4, 0.5) is 24.5 Å². The number of fused-ring (bicyclic) bond motifs is 2. The van der Waals surface area contributed by atoms with Crippen LogP contribution in [0, 0.1) is 29.3 Å². The van der Waals surface area contributed by atoms with Crippen LogP contribution in [0.15, 0.2) is 40.3 Å². The molecule has 4 rings (SSSR count). The molecule has 2 fully saturated rings. The molecular weight excluding hydrogens is 477 g/mol. The second-order valence-electron chi connectivity index (χ2n) is 8.50. The monoisotopic (exact) mass is 496 g/mol. The Kier molecular flexibility index (Phi) is 6.06. The first-order chi connectivity index (χ1) is 16.0. The minimum atomic E-state index is -4.24. The minimum absolute atomic E-state index is 0.0940. The molecular formula is C21H19F3N4O5S. The molecule has 0 aromatic heterocycles. The summed E-state index contributed by atoms with van der Waals surface area (Å²) in [5.74, 6) is -6.88. The highest BCUT2D eigenvalue weighted by molar-refractivity contribution is 7.92. The lowest BCUT2D eigenvalue weighted by atomic mass is 9.85. The van der Waals surface area contributed by atoms with E-state index in [1.54, 1.807) is 0 Å². The Morgan fingerprint density at radius 1 is 1.21 bits per heavy atom. The maximum absolute atomic E-state index is 13.6. The van der Waals surface area contributed by atoms with E-state index in [0.29, 0.717) is 25.0 Å². The second kappa shape index (κ2) is 8.58. The number of anilines is 1. The van der Waals surface area contributed by atoms with Gasteiger partial charge in [0.2, 0.25) is 0 Å². The van der Waals surface area contributed by atoms with Gasteiger partial charge in [0.1, 0.15) is 0 Å². The van der Waals surface area contributed by atoms with Crippen molar-refractivity contribution in [3.8, 4) is 0 Å². The van der Waals surface area contributed by atoms with Gasteiger partial charge in [-0.2, -0.15) is 0 Å². The zero-order valence-corrected chi connectivity index (χ0v) is 18.3. The van der Waals surface area contributed by atoms with Crippen molar-refractivity contribution in [1.82, 2.24) is 0 Å². The molecule has 13 heteroatoms. The molecule has 2 unspecified atom stereocenters. The summed E-state index contributed by atoms with van der Waals surface area (Å²) in [5, 5.41) is 24.8. The van der Waals surface area contributed by atoms with E-state index in [4.69, 9.17) is 5.53 Å². The lowest BCUT2D eigenvalue weighted by molar-refractivity contribution is -0.0562. The van der Waals surface area contributed by atoms with Crippen molar-refractivity contribution in [2.75, 3.05) is 11.9 Å². The van der Waals surface area contributed by atoms with Crippen molar-refractivity contribution in [2.24, 2.45) is 17.0 Å². The van der Waals surface area contributed by atoms with Crippen molar-refractivity contribution >= 4 is 27.1 Å². The number of amides is 1. The van der Waals surface area contributed by atoms with Gasteiger partial charge in [-0.3, -0.25) is 4.79 Å². The molecule has 2 aromatic rings. The van der Waals surface area contributed by atoms with E-state index < -0.39 is 73.1 Å². The van der Waals surface area contributed by atoms with E-state index in [1.165, 1.54) is 0 Å². The number of carbonyl (C=O) groups is 1. The van der Waals surface area contributed by atoms with Gasteiger partial charge in [0.05, 0.1) is 28.0 Å². The maximum atomic E-state index is 13.6. The molecule has 0 aliphatic heterocycles. The SMILES string of the molecule is [N-]=[N+]=Nc1ccc(C(=O)Nc2cc(F)c(F)c(F)c2)cc1S(=O)(=O)[C@@H]1C2CCC1[C@@](O)(CO)C2. The molecule has 4 atom stereocenters. The van der Waals surface area contributed by atoms with Crippen molar-refractivity contribution < 1.29 is 36.6 Å². The highest BCUT2D eigenvalue weighted by Crippen LogP contribution is 2.55. The smallest absolute Gasteiger partial charge is 0.255 e. The van der Waals surface area contributed by atoms with Gasteiger partial charge in [0.15, 0.2) is 27.3 Å². The molecule has 1 amide bonds. The van der Waals surface area contributed by atoms with E-state index in [2.05, 4.69) is 15.3 Å². The molecule has 3 N–H and O–H groups in total. The van der Waals surface area contributed by atoms with E-state index in [0.717, 1.165) is 18.2 Å². The number of nitrogens with one attached hydrogen (secondary N) is 1. The van der Waals surface area contributed by atoms with Gasteiger partial charge in [0.25, 0.3) is 5.91 Å². The standard InChI is InChI=1S/C21H19F3N4O5S/c22-14-6-12(7-15(23)18(14)24)26-20(30)10-2-4-16(27-28-25)17(5-10)34(32,33)19-11-1-3-13(19)21(31,8-11)9-29/h2,4-7,11,13,19,29,31H,1,3,8-9H2,(H,26,30)/t11?,13?,19-,21+/m1/s1. The lowest BCUT2D eigenvalue weighted by Gasteiger charge is -2.30. The van der Waals surface area contributed by atoms with E-state index in [-0.39, 0.29) is 17.7 Å². The van der Waals surface area contributed by atoms with Crippen LogP contribution in [-0.2, 0) is 9.84 Å². The topological polar surface area (TPSA) is 152 Å². The van der Waals surface area contributed by atoms with E-state index in [1.807, 2.05) is 0 Å².